The third kappa shape index (κ3) is 6.84. The van der Waals surface area contributed by atoms with Crippen LogP contribution in [-0.2, 0) is 0 Å². The lowest BCUT2D eigenvalue weighted by Crippen LogP contribution is -2.39. The van der Waals surface area contributed by atoms with Crippen LogP contribution < -0.4 is 11.1 Å². The molecule has 4 nitrogen and oxygen atoms in total. The summed E-state index contributed by atoms with van der Waals surface area (Å²) in [6.45, 7) is 8.43. The molecule has 0 amide bonds. The molecule has 3 N–H and O–H groups in total. The number of nitrogens with one attached hydrogen (secondary N) is 1. The van der Waals surface area contributed by atoms with E-state index < -0.39 is 0 Å². The van der Waals surface area contributed by atoms with Crippen molar-refractivity contribution >= 4 is 5.96 Å². The molecule has 0 aromatic heterocycles. The molecule has 1 aliphatic carbocycles. The lowest BCUT2D eigenvalue weighted by molar-refractivity contribution is 0.282. The first-order valence-corrected chi connectivity index (χ1v) is 7.55. The van der Waals surface area contributed by atoms with Crippen molar-refractivity contribution < 1.29 is 0 Å². The largest absolute Gasteiger partial charge is 0.370 e. The van der Waals surface area contributed by atoms with E-state index in [-0.39, 0.29) is 0 Å². The summed E-state index contributed by atoms with van der Waals surface area (Å²) in [5.41, 5.74) is 5.83. The van der Waals surface area contributed by atoms with Gasteiger partial charge >= 0.3 is 0 Å². The molecule has 0 bridgehead atoms. The summed E-state index contributed by atoms with van der Waals surface area (Å²) < 4.78 is 0. The average molecular weight is 254 g/mol. The Morgan fingerprint density at radius 3 is 2.67 bits per heavy atom. The summed E-state index contributed by atoms with van der Waals surface area (Å²) in [4.78, 5) is 6.86. The van der Waals surface area contributed by atoms with Crippen LogP contribution in [0.3, 0.4) is 0 Å². The Morgan fingerprint density at radius 1 is 1.28 bits per heavy atom. The van der Waals surface area contributed by atoms with E-state index in [2.05, 4.69) is 29.1 Å². The number of unbranched alkanes of at least 4 members (excludes halogenated alkanes) is 3. The van der Waals surface area contributed by atoms with Crippen LogP contribution in [-0.4, -0.2) is 43.1 Å². The van der Waals surface area contributed by atoms with Crippen molar-refractivity contribution in [3.05, 3.63) is 0 Å². The van der Waals surface area contributed by atoms with Crippen LogP contribution in [0.1, 0.15) is 52.4 Å². The lowest BCUT2D eigenvalue weighted by atomic mass is 10.2. The first-order valence-electron chi connectivity index (χ1n) is 7.55. The van der Waals surface area contributed by atoms with Crippen LogP contribution in [0.25, 0.3) is 0 Å². The van der Waals surface area contributed by atoms with Crippen molar-refractivity contribution in [2.75, 3.05) is 26.2 Å². The number of likely N-dealkylation sites (N-methyl/N-ethyl adjacent to an activating group) is 1. The third-order valence-corrected chi connectivity index (χ3v) is 3.47. The summed E-state index contributed by atoms with van der Waals surface area (Å²) in [6.07, 6.45) is 7.72. The Morgan fingerprint density at radius 2 is 2.06 bits per heavy atom. The zero-order chi connectivity index (χ0) is 13.2. The molecule has 106 valence electrons. The maximum Gasteiger partial charge on any atom is 0.188 e. The summed E-state index contributed by atoms with van der Waals surface area (Å²) in [7, 11) is 0. The minimum absolute atomic E-state index is 0.610. The molecule has 18 heavy (non-hydrogen) atoms. The van der Waals surface area contributed by atoms with Gasteiger partial charge < -0.3 is 11.1 Å². The summed E-state index contributed by atoms with van der Waals surface area (Å²) in [5, 5.41) is 3.21. The van der Waals surface area contributed by atoms with Crippen molar-refractivity contribution in [2.45, 2.75) is 58.4 Å². The summed E-state index contributed by atoms with van der Waals surface area (Å²) in [5.74, 6) is 0.610. The second kappa shape index (κ2) is 9.20. The van der Waals surface area contributed by atoms with Gasteiger partial charge in [0.25, 0.3) is 0 Å². The monoisotopic (exact) mass is 254 g/mol. The Hall–Kier alpha value is -0.770. The van der Waals surface area contributed by atoms with E-state index >= 15 is 0 Å². The van der Waals surface area contributed by atoms with Crippen molar-refractivity contribution in [1.29, 1.82) is 0 Å². The Labute approximate surface area is 112 Å². The highest BCUT2D eigenvalue weighted by Crippen LogP contribution is 2.25. The zero-order valence-corrected chi connectivity index (χ0v) is 12.1. The first-order chi connectivity index (χ1) is 8.77. The van der Waals surface area contributed by atoms with Crippen LogP contribution in [0.4, 0.5) is 0 Å². The molecule has 0 heterocycles. The second-order valence-corrected chi connectivity index (χ2v) is 5.11. The fraction of sp³-hybridized carbons (Fsp3) is 0.929. The number of hydrogen-bond acceptors (Lipinski definition) is 2. The topological polar surface area (TPSA) is 53.6 Å². The van der Waals surface area contributed by atoms with Crippen molar-refractivity contribution in [3.8, 4) is 0 Å². The van der Waals surface area contributed by atoms with Gasteiger partial charge in [0.1, 0.15) is 0 Å². The van der Waals surface area contributed by atoms with Gasteiger partial charge in [-0.15, -0.1) is 0 Å². The summed E-state index contributed by atoms with van der Waals surface area (Å²) in [6, 6.07) is 0.837. The second-order valence-electron chi connectivity index (χ2n) is 5.11. The molecule has 0 aromatic rings. The van der Waals surface area contributed by atoms with Gasteiger partial charge in [0.05, 0.1) is 0 Å². The van der Waals surface area contributed by atoms with Crippen LogP contribution in [0.15, 0.2) is 4.99 Å². The Kier molecular flexibility index (Phi) is 7.81. The van der Waals surface area contributed by atoms with Crippen LogP contribution in [0, 0.1) is 0 Å². The van der Waals surface area contributed by atoms with Gasteiger partial charge in [-0.1, -0.05) is 33.1 Å². The normalized spacial score (nSPS) is 16.3. The Balaban J connectivity index is 2.00. The number of rotatable bonds is 10. The van der Waals surface area contributed by atoms with E-state index in [9.17, 15) is 0 Å². The highest BCUT2D eigenvalue weighted by Gasteiger charge is 2.26. The van der Waals surface area contributed by atoms with E-state index in [1.807, 2.05) is 0 Å². The molecule has 0 aliphatic heterocycles. The highest BCUT2D eigenvalue weighted by molar-refractivity contribution is 5.77. The molecule has 0 aromatic carbocycles. The zero-order valence-electron chi connectivity index (χ0n) is 12.1. The molecule has 0 spiro atoms. The van der Waals surface area contributed by atoms with Gasteiger partial charge in [0.15, 0.2) is 5.96 Å². The van der Waals surface area contributed by atoms with Crippen molar-refractivity contribution in [1.82, 2.24) is 10.2 Å². The van der Waals surface area contributed by atoms with Crippen molar-refractivity contribution in [2.24, 2.45) is 10.7 Å². The third-order valence-electron chi connectivity index (χ3n) is 3.47. The number of nitrogens with zero attached hydrogens (tertiary/aromatic N) is 2. The predicted octanol–water partition coefficient (Wildman–Crippen LogP) is 1.96. The maximum atomic E-state index is 5.83. The smallest absolute Gasteiger partial charge is 0.188 e. The fourth-order valence-electron chi connectivity index (χ4n) is 2.16. The molecular weight excluding hydrogens is 224 g/mol. The molecule has 1 fully saturated rings. The lowest BCUT2D eigenvalue weighted by Gasteiger charge is -2.19. The van der Waals surface area contributed by atoms with Gasteiger partial charge in [0.2, 0.25) is 0 Å². The van der Waals surface area contributed by atoms with Gasteiger partial charge in [0, 0.05) is 25.7 Å². The van der Waals surface area contributed by atoms with E-state index in [1.165, 1.54) is 32.1 Å². The van der Waals surface area contributed by atoms with Crippen LogP contribution in [0.5, 0.6) is 0 Å². The standard InChI is InChI=1S/C14H30N4/c1-3-5-6-7-10-16-14(15)17-11-12-18(4-2)13-8-9-13/h13H,3-12H2,1-2H3,(H3,15,16,17). The van der Waals surface area contributed by atoms with E-state index in [0.29, 0.717) is 5.96 Å². The molecule has 0 saturated heterocycles. The SMILES string of the molecule is CCCCCCN=C(N)NCCN(CC)C1CC1. The fourth-order valence-corrected chi connectivity index (χ4v) is 2.16. The molecule has 0 unspecified atom stereocenters. The number of nitrogens with two attached hydrogens (primary N) is 1. The van der Waals surface area contributed by atoms with Gasteiger partial charge in [-0.25, -0.2) is 0 Å². The minimum atomic E-state index is 0.610. The number of hydrogen-bond donors (Lipinski definition) is 2. The molecule has 4 heteroatoms. The quantitative estimate of drug-likeness (QED) is 0.356. The van der Waals surface area contributed by atoms with Gasteiger partial charge in [-0.2, -0.15) is 0 Å². The number of guanidine groups is 1. The van der Waals surface area contributed by atoms with E-state index in [1.54, 1.807) is 0 Å². The molecule has 1 rings (SSSR count). The van der Waals surface area contributed by atoms with Crippen molar-refractivity contribution in [3.63, 3.8) is 0 Å². The minimum Gasteiger partial charge on any atom is -0.370 e. The maximum absolute atomic E-state index is 5.83. The summed E-state index contributed by atoms with van der Waals surface area (Å²) >= 11 is 0. The van der Waals surface area contributed by atoms with Crippen LogP contribution >= 0.6 is 0 Å². The average Bonchev–Trinajstić information content (AvgIpc) is 3.19. The van der Waals surface area contributed by atoms with Gasteiger partial charge in [-0.05, 0) is 25.8 Å². The highest BCUT2D eigenvalue weighted by atomic mass is 15.2. The number of aliphatic imine (C=N–C) groups is 1. The molecular formula is C14H30N4. The molecule has 0 radical (unpaired) electrons. The molecule has 1 aliphatic rings. The van der Waals surface area contributed by atoms with Gasteiger partial charge in [-0.3, -0.25) is 9.89 Å². The van der Waals surface area contributed by atoms with E-state index in [4.69, 9.17) is 5.73 Å². The van der Waals surface area contributed by atoms with E-state index in [0.717, 1.165) is 38.6 Å². The molecule has 1 saturated carbocycles. The molecule has 0 atom stereocenters. The first kappa shape index (κ1) is 15.3. The Bertz CT molecular complexity index is 236. The van der Waals surface area contributed by atoms with Crippen LogP contribution in [0.2, 0.25) is 0 Å². The predicted molar refractivity (Wildman–Crippen MR) is 78.9 cm³/mol.